The van der Waals surface area contributed by atoms with Crippen molar-refractivity contribution in [2.24, 2.45) is 0 Å². The molecule has 1 aromatic heterocycles. The third-order valence-corrected chi connectivity index (χ3v) is 6.14. The summed E-state index contributed by atoms with van der Waals surface area (Å²) < 4.78 is 0. The van der Waals surface area contributed by atoms with Crippen LogP contribution in [-0.4, -0.2) is 55.2 Å². The Balaban J connectivity index is 1.45. The van der Waals surface area contributed by atoms with E-state index in [4.69, 9.17) is 0 Å². The van der Waals surface area contributed by atoms with E-state index in [9.17, 15) is 0 Å². The van der Waals surface area contributed by atoms with Gasteiger partial charge >= 0.3 is 0 Å². The van der Waals surface area contributed by atoms with E-state index in [2.05, 4.69) is 32.5 Å². The molecule has 1 aliphatic heterocycles. The lowest BCUT2D eigenvalue weighted by Crippen LogP contribution is -2.50. The van der Waals surface area contributed by atoms with Crippen molar-refractivity contribution in [1.29, 1.82) is 0 Å². The maximum atomic E-state index is 4.42. The van der Waals surface area contributed by atoms with Gasteiger partial charge in [0.2, 0.25) is 0 Å². The Morgan fingerprint density at radius 3 is 2.57 bits per heavy atom. The monoisotopic (exact) mass is 308 g/mol. The van der Waals surface area contributed by atoms with Crippen molar-refractivity contribution < 1.29 is 0 Å². The lowest BCUT2D eigenvalue weighted by Gasteiger charge is -2.40. The van der Waals surface area contributed by atoms with Crippen LogP contribution in [0.4, 0.5) is 5.13 Å². The molecular weight excluding hydrogens is 280 g/mol. The van der Waals surface area contributed by atoms with E-state index < -0.39 is 0 Å². The number of hydrogen-bond acceptors (Lipinski definition) is 5. The fourth-order valence-electron chi connectivity index (χ4n) is 3.76. The molecule has 1 saturated heterocycles. The summed E-state index contributed by atoms with van der Waals surface area (Å²) in [6.45, 7) is 5.85. The van der Waals surface area contributed by atoms with Gasteiger partial charge in [-0.3, -0.25) is 4.90 Å². The molecule has 1 N–H and O–H groups in total. The Hall–Kier alpha value is -0.650. The zero-order valence-corrected chi connectivity index (χ0v) is 14.0. The molecule has 0 amide bonds. The Labute approximate surface area is 132 Å². The van der Waals surface area contributed by atoms with Crippen molar-refractivity contribution in [3.05, 3.63) is 11.6 Å². The maximum absolute atomic E-state index is 4.42. The van der Waals surface area contributed by atoms with Crippen molar-refractivity contribution in [3.8, 4) is 0 Å². The highest BCUT2D eigenvalue weighted by molar-refractivity contribution is 7.13. The van der Waals surface area contributed by atoms with Crippen LogP contribution < -0.4 is 10.2 Å². The Morgan fingerprint density at radius 2 is 1.95 bits per heavy atom. The normalized spacial score (nSPS) is 23.4. The number of nitrogens with zero attached hydrogens (tertiary/aromatic N) is 3. The number of hydrogen-bond donors (Lipinski definition) is 1. The van der Waals surface area contributed by atoms with Gasteiger partial charge in [0, 0.05) is 49.8 Å². The second kappa shape index (κ2) is 7.07. The minimum Gasteiger partial charge on any atom is -0.346 e. The Morgan fingerprint density at radius 1 is 1.19 bits per heavy atom. The van der Waals surface area contributed by atoms with Gasteiger partial charge in [0.1, 0.15) is 0 Å². The summed E-state index contributed by atoms with van der Waals surface area (Å²) in [7, 11) is 2.16. The van der Waals surface area contributed by atoms with Gasteiger partial charge in [-0.05, 0) is 26.3 Å². The molecule has 0 aromatic carbocycles. The van der Waals surface area contributed by atoms with Crippen LogP contribution in [-0.2, 0) is 0 Å². The summed E-state index contributed by atoms with van der Waals surface area (Å²) in [6, 6.07) is 0. The fraction of sp³-hybridized carbons (Fsp3) is 0.812. The molecule has 1 aromatic rings. The minimum atomic E-state index is 0.421. The summed E-state index contributed by atoms with van der Waals surface area (Å²) in [5, 5.41) is 6.90. The van der Waals surface area contributed by atoms with E-state index in [1.807, 2.05) is 6.20 Å². The van der Waals surface area contributed by atoms with Gasteiger partial charge in [0.15, 0.2) is 5.13 Å². The SMILES string of the molecule is CNC1(CCN2CCN(c3nccs3)CC2)CCCCC1. The smallest absolute Gasteiger partial charge is 0.185 e. The Bertz CT molecular complexity index is 406. The predicted molar refractivity (Wildman–Crippen MR) is 90.3 cm³/mol. The van der Waals surface area contributed by atoms with Crippen molar-refractivity contribution in [1.82, 2.24) is 15.2 Å². The van der Waals surface area contributed by atoms with Crippen molar-refractivity contribution in [2.75, 3.05) is 44.7 Å². The van der Waals surface area contributed by atoms with Gasteiger partial charge in [-0.1, -0.05) is 19.3 Å². The largest absolute Gasteiger partial charge is 0.346 e. The summed E-state index contributed by atoms with van der Waals surface area (Å²) in [4.78, 5) is 9.49. The molecule has 2 aliphatic rings. The molecule has 0 radical (unpaired) electrons. The van der Waals surface area contributed by atoms with E-state index in [0.29, 0.717) is 5.54 Å². The molecule has 2 fully saturated rings. The summed E-state index contributed by atoms with van der Waals surface area (Å²) in [5.41, 5.74) is 0.421. The van der Waals surface area contributed by atoms with E-state index in [-0.39, 0.29) is 0 Å². The number of thiazole rings is 1. The first-order chi connectivity index (χ1) is 10.3. The first kappa shape index (κ1) is 15.3. The minimum absolute atomic E-state index is 0.421. The third-order valence-electron chi connectivity index (χ3n) is 5.31. The van der Waals surface area contributed by atoms with Crippen LogP contribution in [0.5, 0.6) is 0 Å². The number of aromatic nitrogens is 1. The predicted octanol–water partition coefficient (Wildman–Crippen LogP) is 2.58. The number of anilines is 1. The van der Waals surface area contributed by atoms with Gasteiger partial charge in [-0.2, -0.15) is 0 Å². The van der Waals surface area contributed by atoms with Crippen molar-refractivity contribution in [3.63, 3.8) is 0 Å². The van der Waals surface area contributed by atoms with Crippen LogP contribution >= 0.6 is 11.3 Å². The first-order valence-corrected chi connectivity index (χ1v) is 9.25. The standard InChI is InChI=1S/C16H28N4S/c1-17-16(5-3-2-4-6-16)7-9-19-10-12-20(13-11-19)15-18-8-14-21-15/h8,14,17H,2-7,9-13H2,1H3. The zero-order valence-electron chi connectivity index (χ0n) is 13.2. The molecular formula is C16H28N4S. The van der Waals surface area contributed by atoms with Crippen LogP contribution in [0.1, 0.15) is 38.5 Å². The molecule has 1 saturated carbocycles. The molecule has 3 rings (SSSR count). The van der Waals surface area contributed by atoms with E-state index in [1.165, 1.54) is 63.3 Å². The summed E-state index contributed by atoms with van der Waals surface area (Å²) in [6.07, 6.45) is 10.2. The number of rotatable bonds is 5. The average molecular weight is 308 g/mol. The van der Waals surface area contributed by atoms with Crippen LogP contribution in [0, 0.1) is 0 Å². The van der Waals surface area contributed by atoms with Crippen molar-refractivity contribution >= 4 is 16.5 Å². The second-order valence-corrected chi connectivity index (χ2v) is 7.36. The molecule has 5 heteroatoms. The zero-order chi connectivity index (χ0) is 14.5. The lowest BCUT2D eigenvalue weighted by molar-refractivity contribution is 0.177. The first-order valence-electron chi connectivity index (χ1n) is 8.37. The summed E-state index contributed by atoms with van der Waals surface area (Å²) >= 11 is 1.76. The maximum Gasteiger partial charge on any atom is 0.185 e. The highest BCUT2D eigenvalue weighted by Crippen LogP contribution is 2.31. The van der Waals surface area contributed by atoms with E-state index >= 15 is 0 Å². The summed E-state index contributed by atoms with van der Waals surface area (Å²) in [5.74, 6) is 0. The van der Waals surface area contributed by atoms with Crippen LogP contribution in [0.3, 0.4) is 0 Å². The van der Waals surface area contributed by atoms with E-state index in [1.54, 1.807) is 11.3 Å². The lowest BCUT2D eigenvalue weighted by atomic mass is 9.79. The topological polar surface area (TPSA) is 31.4 Å². The molecule has 118 valence electrons. The molecule has 2 heterocycles. The van der Waals surface area contributed by atoms with Gasteiger partial charge in [0.05, 0.1) is 0 Å². The number of nitrogens with one attached hydrogen (secondary N) is 1. The third kappa shape index (κ3) is 3.76. The van der Waals surface area contributed by atoms with Gasteiger partial charge in [0.25, 0.3) is 0 Å². The van der Waals surface area contributed by atoms with Crippen molar-refractivity contribution in [2.45, 2.75) is 44.1 Å². The van der Waals surface area contributed by atoms with Gasteiger partial charge < -0.3 is 10.2 Å². The molecule has 21 heavy (non-hydrogen) atoms. The quantitative estimate of drug-likeness (QED) is 0.906. The van der Waals surface area contributed by atoms with Crippen LogP contribution in [0.15, 0.2) is 11.6 Å². The molecule has 4 nitrogen and oxygen atoms in total. The average Bonchev–Trinajstić information content (AvgIpc) is 3.09. The van der Waals surface area contributed by atoms with Gasteiger partial charge in [-0.25, -0.2) is 4.98 Å². The van der Waals surface area contributed by atoms with Crippen LogP contribution in [0.2, 0.25) is 0 Å². The fourth-order valence-corrected chi connectivity index (χ4v) is 4.46. The van der Waals surface area contributed by atoms with Crippen LogP contribution in [0.25, 0.3) is 0 Å². The highest BCUT2D eigenvalue weighted by Gasteiger charge is 2.30. The highest BCUT2D eigenvalue weighted by atomic mass is 32.1. The molecule has 0 atom stereocenters. The Kier molecular flexibility index (Phi) is 5.14. The van der Waals surface area contributed by atoms with E-state index in [0.717, 1.165) is 13.1 Å². The molecule has 0 unspecified atom stereocenters. The molecule has 0 spiro atoms. The molecule has 1 aliphatic carbocycles. The van der Waals surface area contributed by atoms with Gasteiger partial charge in [-0.15, -0.1) is 11.3 Å². The second-order valence-electron chi connectivity index (χ2n) is 6.48. The molecule has 0 bridgehead atoms. The number of piperazine rings is 1.